The maximum atomic E-state index is 5.98. The summed E-state index contributed by atoms with van der Waals surface area (Å²) in [6.07, 6.45) is 1.78. The van der Waals surface area contributed by atoms with Gasteiger partial charge in [-0.25, -0.2) is 9.97 Å². The van der Waals surface area contributed by atoms with E-state index in [0.717, 1.165) is 31.1 Å². The molecule has 4 nitrogen and oxygen atoms in total. The maximum absolute atomic E-state index is 5.98. The van der Waals surface area contributed by atoms with Crippen LogP contribution in [-0.2, 0) is 0 Å². The van der Waals surface area contributed by atoms with Crippen LogP contribution in [0, 0.1) is 6.92 Å². The van der Waals surface area contributed by atoms with Crippen LogP contribution in [0.25, 0.3) is 0 Å². The number of rotatable bonds is 1. The first-order valence-corrected chi connectivity index (χ1v) is 5.52. The molecule has 0 amide bonds. The second kappa shape index (κ2) is 5.66. The third-order valence-corrected chi connectivity index (χ3v) is 2.93. The summed E-state index contributed by atoms with van der Waals surface area (Å²) in [6, 6.07) is 0.474. The highest BCUT2D eigenvalue weighted by molar-refractivity contribution is 6.30. The van der Waals surface area contributed by atoms with E-state index in [1.54, 1.807) is 6.20 Å². The van der Waals surface area contributed by atoms with Gasteiger partial charge in [0.1, 0.15) is 5.15 Å². The molecule has 1 fully saturated rings. The molecule has 0 spiro atoms. The highest BCUT2D eigenvalue weighted by Crippen LogP contribution is 2.16. The fraction of sp³-hybridized carbons (Fsp3) is 0.600. The summed E-state index contributed by atoms with van der Waals surface area (Å²) in [5.41, 5.74) is 0.920. The Bertz CT molecular complexity index is 359. The van der Waals surface area contributed by atoms with Gasteiger partial charge in [0.2, 0.25) is 5.95 Å². The van der Waals surface area contributed by atoms with Crippen molar-refractivity contribution in [3.8, 4) is 0 Å². The Morgan fingerprint density at radius 3 is 2.94 bits per heavy atom. The van der Waals surface area contributed by atoms with E-state index in [0.29, 0.717) is 11.2 Å². The van der Waals surface area contributed by atoms with Crippen LogP contribution in [0.1, 0.15) is 12.5 Å². The lowest BCUT2D eigenvalue weighted by atomic mass is 10.2. The maximum Gasteiger partial charge on any atom is 0.226 e. The van der Waals surface area contributed by atoms with Crippen molar-refractivity contribution in [3.63, 3.8) is 0 Å². The summed E-state index contributed by atoms with van der Waals surface area (Å²) in [7, 11) is 0. The van der Waals surface area contributed by atoms with Crippen molar-refractivity contribution >= 4 is 30.0 Å². The van der Waals surface area contributed by atoms with Gasteiger partial charge < -0.3 is 10.2 Å². The van der Waals surface area contributed by atoms with Crippen LogP contribution in [-0.4, -0.2) is 35.6 Å². The molecule has 1 unspecified atom stereocenters. The quantitative estimate of drug-likeness (QED) is 0.782. The Morgan fingerprint density at radius 1 is 1.56 bits per heavy atom. The molecule has 1 N–H and O–H groups in total. The summed E-state index contributed by atoms with van der Waals surface area (Å²) >= 11 is 5.98. The zero-order valence-corrected chi connectivity index (χ0v) is 11.0. The predicted octanol–water partition coefficient (Wildman–Crippen LogP) is 1.66. The third kappa shape index (κ3) is 2.97. The number of hydrogen-bond acceptors (Lipinski definition) is 4. The van der Waals surface area contributed by atoms with Crippen LogP contribution in [0.4, 0.5) is 5.95 Å². The fourth-order valence-electron chi connectivity index (χ4n) is 1.68. The molecular weight excluding hydrogens is 247 g/mol. The van der Waals surface area contributed by atoms with E-state index in [4.69, 9.17) is 11.6 Å². The lowest BCUT2D eigenvalue weighted by Gasteiger charge is -2.31. The van der Waals surface area contributed by atoms with E-state index in [1.165, 1.54) is 0 Å². The van der Waals surface area contributed by atoms with Gasteiger partial charge in [-0.3, -0.25) is 0 Å². The van der Waals surface area contributed by atoms with E-state index in [1.807, 2.05) is 6.92 Å². The molecule has 90 valence electrons. The third-order valence-electron chi connectivity index (χ3n) is 2.55. The first kappa shape index (κ1) is 13.5. The number of hydrogen-bond donors (Lipinski definition) is 1. The van der Waals surface area contributed by atoms with E-state index >= 15 is 0 Å². The molecule has 2 rings (SSSR count). The predicted molar refractivity (Wildman–Crippen MR) is 68.7 cm³/mol. The molecule has 1 saturated heterocycles. The van der Waals surface area contributed by atoms with Gasteiger partial charge in [0.05, 0.1) is 0 Å². The van der Waals surface area contributed by atoms with Crippen LogP contribution in [0.3, 0.4) is 0 Å². The van der Waals surface area contributed by atoms with E-state index in [9.17, 15) is 0 Å². The van der Waals surface area contributed by atoms with Crippen LogP contribution in [0.5, 0.6) is 0 Å². The van der Waals surface area contributed by atoms with Crippen molar-refractivity contribution in [2.45, 2.75) is 19.9 Å². The standard InChI is InChI=1S/C10H15ClN4.ClH/c1-7-5-13-10(14-9(7)11)15-4-3-12-8(2)6-15;/h5,8,12H,3-4,6H2,1-2H3;1H. The number of aromatic nitrogens is 2. The molecule has 0 aromatic carbocycles. The molecule has 0 radical (unpaired) electrons. The average Bonchev–Trinajstić information content (AvgIpc) is 2.22. The molecule has 1 aromatic heterocycles. The van der Waals surface area contributed by atoms with E-state index in [2.05, 4.69) is 27.1 Å². The summed E-state index contributed by atoms with van der Waals surface area (Å²) in [5, 5.41) is 3.92. The molecule has 16 heavy (non-hydrogen) atoms. The Balaban J connectivity index is 0.00000128. The van der Waals surface area contributed by atoms with Gasteiger partial charge in [-0.05, 0) is 13.8 Å². The molecule has 2 heterocycles. The number of aryl methyl sites for hydroxylation is 1. The lowest BCUT2D eigenvalue weighted by molar-refractivity contribution is 0.479. The van der Waals surface area contributed by atoms with Crippen LogP contribution < -0.4 is 10.2 Å². The number of nitrogens with zero attached hydrogens (tertiary/aromatic N) is 3. The van der Waals surface area contributed by atoms with Gasteiger partial charge >= 0.3 is 0 Å². The molecule has 0 bridgehead atoms. The smallest absolute Gasteiger partial charge is 0.226 e. The molecule has 1 aromatic rings. The Kier molecular flexibility index (Phi) is 4.77. The SMILES string of the molecule is Cc1cnc(N2CCNC(C)C2)nc1Cl.Cl. The molecule has 1 atom stereocenters. The van der Waals surface area contributed by atoms with Crippen molar-refractivity contribution in [1.29, 1.82) is 0 Å². The minimum absolute atomic E-state index is 0. The van der Waals surface area contributed by atoms with Gasteiger partial charge in [0.25, 0.3) is 0 Å². The molecule has 0 saturated carbocycles. The van der Waals surface area contributed by atoms with Gasteiger partial charge in [-0.1, -0.05) is 11.6 Å². The van der Waals surface area contributed by atoms with E-state index < -0.39 is 0 Å². The Morgan fingerprint density at radius 2 is 2.31 bits per heavy atom. The fourth-order valence-corrected chi connectivity index (χ4v) is 1.80. The minimum atomic E-state index is 0. The minimum Gasteiger partial charge on any atom is -0.338 e. The highest BCUT2D eigenvalue weighted by Gasteiger charge is 2.18. The van der Waals surface area contributed by atoms with Gasteiger partial charge in [0.15, 0.2) is 0 Å². The average molecular weight is 263 g/mol. The van der Waals surface area contributed by atoms with Crippen molar-refractivity contribution in [2.75, 3.05) is 24.5 Å². The molecule has 6 heteroatoms. The zero-order chi connectivity index (χ0) is 10.8. The first-order valence-electron chi connectivity index (χ1n) is 5.14. The van der Waals surface area contributed by atoms with E-state index in [-0.39, 0.29) is 12.4 Å². The number of nitrogens with one attached hydrogen (secondary N) is 1. The summed E-state index contributed by atoms with van der Waals surface area (Å²) < 4.78 is 0. The van der Waals surface area contributed by atoms with Crippen molar-refractivity contribution in [1.82, 2.24) is 15.3 Å². The number of anilines is 1. The summed E-state index contributed by atoms with van der Waals surface area (Å²) in [6.45, 7) is 6.90. The van der Waals surface area contributed by atoms with Crippen molar-refractivity contribution in [2.24, 2.45) is 0 Å². The molecule has 1 aliphatic rings. The molecule has 1 aliphatic heterocycles. The second-order valence-corrected chi connectivity index (χ2v) is 4.30. The second-order valence-electron chi connectivity index (χ2n) is 3.95. The number of piperazine rings is 1. The van der Waals surface area contributed by atoms with Gasteiger partial charge in [-0.15, -0.1) is 12.4 Å². The summed E-state index contributed by atoms with van der Waals surface area (Å²) in [4.78, 5) is 10.7. The van der Waals surface area contributed by atoms with Gasteiger partial charge in [-0.2, -0.15) is 0 Å². The number of halogens is 2. The molecular formula is C10H16Cl2N4. The van der Waals surface area contributed by atoms with Crippen LogP contribution in [0.15, 0.2) is 6.20 Å². The van der Waals surface area contributed by atoms with Crippen molar-refractivity contribution < 1.29 is 0 Å². The van der Waals surface area contributed by atoms with Crippen molar-refractivity contribution in [3.05, 3.63) is 16.9 Å². The topological polar surface area (TPSA) is 41.1 Å². The van der Waals surface area contributed by atoms with Crippen LogP contribution >= 0.6 is 24.0 Å². The lowest BCUT2D eigenvalue weighted by Crippen LogP contribution is -2.49. The van der Waals surface area contributed by atoms with Crippen LogP contribution in [0.2, 0.25) is 5.15 Å². The first-order chi connectivity index (χ1) is 7.16. The summed E-state index contributed by atoms with van der Waals surface area (Å²) in [5.74, 6) is 0.735. The van der Waals surface area contributed by atoms with Gasteiger partial charge in [0, 0.05) is 37.4 Å². The highest BCUT2D eigenvalue weighted by atomic mass is 35.5. The Labute approximate surface area is 107 Å². The zero-order valence-electron chi connectivity index (χ0n) is 9.40. The Hall–Kier alpha value is -0.580. The largest absolute Gasteiger partial charge is 0.338 e. The normalized spacial score (nSPS) is 20.4. The monoisotopic (exact) mass is 262 g/mol. The molecule has 0 aliphatic carbocycles.